The monoisotopic (exact) mass is 316 g/mol. The van der Waals surface area contributed by atoms with Gasteiger partial charge in [0.05, 0.1) is 12.9 Å². The predicted octanol–water partition coefficient (Wildman–Crippen LogP) is 0.0325. The average molecular weight is 316 g/mol. The first-order valence-electron chi connectivity index (χ1n) is 7.17. The molecule has 0 saturated carbocycles. The second-order valence-corrected chi connectivity index (χ2v) is 5.39. The smallest absolute Gasteiger partial charge is 0.256 e. The van der Waals surface area contributed by atoms with E-state index in [1.165, 1.54) is 10.9 Å². The number of nitrogens with zero attached hydrogens (tertiary/aromatic N) is 5. The summed E-state index contributed by atoms with van der Waals surface area (Å²) in [7, 11) is 3.76. The van der Waals surface area contributed by atoms with Gasteiger partial charge in [-0.2, -0.15) is 0 Å². The fraction of sp³-hybridized carbons (Fsp3) is 0.400. The lowest BCUT2D eigenvalue weighted by molar-refractivity contribution is -0.121. The van der Waals surface area contributed by atoms with Gasteiger partial charge in [0, 0.05) is 31.5 Å². The SMILES string of the molecule is Cc1ncn(CC(=O)NCc2nccc(N(C)C)n2)c(=O)c1C. The van der Waals surface area contributed by atoms with Crippen molar-refractivity contribution in [2.75, 3.05) is 19.0 Å². The summed E-state index contributed by atoms with van der Waals surface area (Å²) >= 11 is 0. The average Bonchev–Trinajstić information content (AvgIpc) is 2.54. The Labute approximate surface area is 134 Å². The van der Waals surface area contributed by atoms with Crippen LogP contribution >= 0.6 is 0 Å². The predicted molar refractivity (Wildman–Crippen MR) is 86.2 cm³/mol. The van der Waals surface area contributed by atoms with E-state index in [2.05, 4.69) is 20.3 Å². The normalized spacial score (nSPS) is 10.4. The lowest BCUT2D eigenvalue weighted by Gasteiger charge is -2.12. The van der Waals surface area contributed by atoms with Crippen LogP contribution in [0.4, 0.5) is 5.82 Å². The third kappa shape index (κ3) is 4.12. The van der Waals surface area contributed by atoms with Gasteiger partial charge in [-0.15, -0.1) is 0 Å². The van der Waals surface area contributed by atoms with E-state index in [4.69, 9.17) is 0 Å². The highest BCUT2D eigenvalue weighted by molar-refractivity contribution is 5.75. The van der Waals surface area contributed by atoms with Gasteiger partial charge in [0.15, 0.2) is 0 Å². The molecule has 0 radical (unpaired) electrons. The van der Waals surface area contributed by atoms with Crippen LogP contribution < -0.4 is 15.8 Å². The first-order chi connectivity index (χ1) is 10.9. The number of aromatic nitrogens is 4. The summed E-state index contributed by atoms with van der Waals surface area (Å²) in [5, 5.41) is 2.70. The molecule has 8 nitrogen and oxygen atoms in total. The number of amides is 1. The second-order valence-electron chi connectivity index (χ2n) is 5.39. The van der Waals surface area contributed by atoms with Crippen molar-refractivity contribution in [3.63, 3.8) is 0 Å². The van der Waals surface area contributed by atoms with Gasteiger partial charge in [-0.1, -0.05) is 0 Å². The highest BCUT2D eigenvalue weighted by Gasteiger charge is 2.09. The van der Waals surface area contributed by atoms with Crippen LogP contribution in [0.1, 0.15) is 17.1 Å². The maximum absolute atomic E-state index is 12.0. The van der Waals surface area contributed by atoms with Crippen molar-refractivity contribution in [3.8, 4) is 0 Å². The maximum Gasteiger partial charge on any atom is 0.256 e. The van der Waals surface area contributed by atoms with Crippen molar-refractivity contribution < 1.29 is 4.79 Å². The van der Waals surface area contributed by atoms with Crippen LogP contribution in [-0.2, 0) is 17.9 Å². The molecule has 0 spiro atoms. The molecule has 122 valence electrons. The molecule has 2 aromatic heterocycles. The minimum Gasteiger partial charge on any atom is -0.363 e. The van der Waals surface area contributed by atoms with Crippen LogP contribution in [0.2, 0.25) is 0 Å². The lowest BCUT2D eigenvalue weighted by Crippen LogP contribution is -2.33. The number of hydrogen-bond acceptors (Lipinski definition) is 6. The van der Waals surface area contributed by atoms with Gasteiger partial charge in [-0.3, -0.25) is 14.2 Å². The summed E-state index contributed by atoms with van der Waals surface area (Å²) < 4.78 is 1.29. The molecule has 8 heteroatoms. The zero-order valence-electron chi connectivity index (χ0n) is 13.7. The molecule has 23 heavy (non-hydrogen) atoms. The van der Waals surface area contributed by atoms with Gasteiger partial charge in [0.25, 0.3) is 5.56 Å². The number of rotatable bonds is 5. The quantitative estimate of drug-likeness (QED) is 0.837. The van der Waals surface area contributed by atoms with E-state index in [-0.39, 0.29) is 24.6 Å². The number of hydrogen-bond donors (Lipinski definition) is 1. The van der Waals surface area contributed by atoms with E-state index in [1.54, 1.807) is 26.1 Å². The van der Waals surface area contributed by atoms with Gasteiger partial charge < -0.3 is 10.2 Å². The Bertz CT molecular complexity index is 769. The summed E-state index contributed by atoms with van der Waals surface area (Å²) in [6.45, 7) is 3.57. The van der Waals surface area contributed by atoms with Gasteiger partial charge in [0.2, 0.25) is 5.91 Å². The van der Waals surface area contributed by atoms with Gasteiger partial charge in [-0.25, -0.2) is 15.0 Å². The molecule has 0 aliphatic rings. The van der Waals surface area contributed by atoms with Crippen LogP contribution in [0.25, 0.3) is 0 Å². The molecule has 0 fully saturated rings. The number of nitrogens with one attached hydrogen (secondary N) is 1. The van der Waals surface area contributed by atoms with Crippen molar-refractivity contribution >= 4 is 11.7 Å². The van der Waals surface area contributed by atoms with Crippen LogP contribution in [0.15, 0.2) is 23.4 Å². The molecule has 0 atom stereocenters. The van der Waals surface area contributed by atoms with E-state index in [0.29, 0.717) is 17.1 Å². The molecule has 2 aromatic rings. The Hall–Kier alpha value is -2.77. The molecular weight excluding hydrogens is 296 g/mol. The fourth-order valence-corrected chi connectivity index (χ4v) is 1.90. The van der Waals surface area contributed by atoms with Crippen LogP contribution in [0, 0.1) is 13.8 Å². The molecule has 1 N–H and O–H groups in total. The first kappa shape index (κ1) is 16.6. The van der Waals surface area contributed by atoms with Crippen molar-refractivity contribution in [2.45, 2.75) is 26.9 Å². The van der Waals surface area contributed by atoms with Crippen molar-refractivity contribution in [3.05, 3.63) is 46.0 Å². The van der Waals surface area contributed by atoms with Gasteiger partial charge in [-0.05, 0) is 19.9 Å². The number of carbonyl (C=O) groups excluding carboxylic acids is 1. The zero-order valence-corrected chi connectivity index (χ0v) is 13.7. The fourth-order valence-electron chi connectivity index (χ4n) is 1.90. The molecule has 0 bridgehead atoms. The molecule has 1 amide bonds. The van der Waals surface area contributed by atoms with Crippen LogP contribution in [0.5, 0.6) is 0 Å². The van der Waals surface area contributed by atoms with E-state index in [0.717, 1.165) is 5.82 Å². The minimum absolute atomic E-state index is 0.0830. The van der Waals surface area contributed by atoms with Gasteiger partial charge >= 0.3 is 0 Å². The van der Waals surface area contributed by atoms with Crippen LogP contribution in [-0.4, -0.2) is 39.5 Å². The number of carbonyl (C=O) groups is 1. The Balaban J connectivity index is 2.00. The van der Waals surface area contributed by atoms with Gasteiger partial charge in [0.1, 0.15) is 18.2 Å². The Morgan fingerprint density at radius 1 is 1.30 bits per heavy atom. The summed E-state index contributed by atoms with van der Waals surface area (Å²) in [6, 6.07) is 1.78. The molecule has 0 saturated heterocycles. The Morgan fingerprint density at radius 2 is 2.04 bits per heavy atom. The van der Waals surface area contributed by atoms with E-state index in [9.17, 15) is 9.59 Å². The lowest BCUT2D eigenvalue weighted by atomic mass is 10.3. The summed E-state index contributed by atoms with van der Waals surface area (Å²) in [4.78, 5) is 38.4. The molecular formula is C15H20N6O2. The Kier molecular flexibility index (Phi) is 5.05. The van der Waals surface area contributed by atoms with Crippen molar-refractivity contribution in [1.29, 1.82) is 0 Å². The second kappa shape index (κ2) is 6.99. The van der Waals surface area contributed by atoms with E-state index < -0.39 is 0 Å². The molecule has 2 heterocycles. The van der Waals surface area contributed by atoms with E-state index in [1.807, 2.05) is 19.0 Å². The van der Waals surface area contributed by atoms with Crippen molar-refractivity contribution in [1.82, 2.24) is 24.8 Å². The topological polar surface area (TPSA) is 93.0 Å². The summed E-state index contributed by atoms with van der Waals surface area (Å²) in [5.74, 6) is 0.977. The molecule has 2 rings (SSSR count). The molecule has 0 aliphatic carbocycles. The van der Waals surface area contributed by atoms with E-state index >= 15 is 0 Å². The first-order valence-corrected chi connectivity index (χ1v) is 7.17. The minimum atomic E-state index is -0.295. The highest BCUT2D eigenvalue weighted by atomic mass is 16.2. The zero-order chi connectivity index (χ0) is 17.0. The Morgan fingerprint density at radius 3 is 2.74 bits per heavy atom. The summed E-state index contributed by atoms with van der Waals surface area (Å²) in [5.41, 5.74) is 1.00. The molecule has 0 aromatic carbocycles. The number of aryl methyl sites for hydroxylation is 1. The largest absolute Gasteiger partial charge is 0.363 e. The highest BCUT2D eigenvalue weighted by Crippen LogP contribution is 2.04. The molecule has 0 aliphatic heterocycles. The third-order valence-electron chi connectivity index (χ3n) is 3.42. The standard InChI is InChI=1S/C15H20N6O2/c1-10-11(2)18-9-21(15(10)23)8-14(22)17-7-12-16-6-5-13(19-12)20(3)4/h5-6,9H,7-8H2,1-4H3,(H,17,22). The molecule has 0 unspecified atom stereocenters. The maximum atomic E-state index is 12.0. The number of anilines is 1. The summed E-state index contributed by atoms with van der Waals surface area (Å²) in [6.07, 6.45) is 3.02. The third-order valence-corrected chi connectivity index (χ3v) is 3.42. The van der Waals surface area contributed by atoms with Crippen molar-refractivity contribution in [2.24, 2.45) is 0 Å². The van der Waals surface area contributed by atoms with Crippen LogP contribution in [0.3, 0.4) is 0 Å².